The third-order valence-corrected chi connectivity index (χ3v) is 8.09. The number of fused-ring (bicyclic) bond motifs is 1. The number of rotatable bonds is 3. The van der Waals surface area contributed by atoms with Gasteiger partial charge in [-0.25, -0.2) is 0 Å². The molecule has 2 aromatic rings. The molecular formula is C27H36N2O3S. The molecule has 1 aromatic heterocycles. The molecule has 4 rings (SSSR count). The molecule has 1 saturated heterocycles. The van der Waals surface area contributed by atoms with E-state index in [0.717, 1.165) is 30.4 Å². The maximum Gasteiger partial charge on any atom is 0.257 e. The van der Waals surface area contributed by atoms with Gasteiger partial charge in [-0.15, -0.1) is 11.3 Å². The van der Waals surface area contributed by atoms with Crippen molar-refractivity contribution in [3.05, 3.63) is 51.4 Å². The summed E-state index contributed by atoms with van der Waals surface area (Å²) >= 11 is 1.59. The summed E-state index contributed by atoms with van der Waals surface area (Å²) in [7, 11) is 0. The zero-order chi connectivity index (χ0) is 23.9. The van der Waals surface area contributed by atoms with Crippen LogP contribution in [0.4, 0.5) is 5.00 Å². The van der Waals surface area contributed by atoms with Crippen molar-refractivity contribution >= 4 is 28.2 Å². The fraction of sp³-hybridized carbons (Fsp3) is 0.556. The number of hydrogen-bond acceptors (Lipinski definition) is 4. The van der Waals surface area contributed by atoms with Gasteiger partial charge in [0, 0.05) is 23.5 Å². The molecule has 3 atom stereocenters. The van der Waals surface area contributed by atoms with Gasteiger partial charge in [0.05, 0.1) is 17.8 Å². The van der Waals surface area contributed by atoms with Crippen LogP contribution in [0.2, 0.25) is 0 Å². The van der Waals surface area contributed by atoms with E-state index in [-0.39, 0.29) is 29.4 Å². The van der Waals surface area contributed by atoms with E-state index in [4.69, 9.17) is 4.74 Å². The first kappa shape index (κ1) is 24.0. The van der Waals surface area contributed by atoms with Gasteiger partial charge in [0.2, 0.25) is 0 Å². The fourth-order valence-electron chi connectivity index (χ4n) is 5.10. The van der Waals surface area contributed by atoms with Gasteiger partial charge in [0.1, 0.15) is 5.00 Å². The van der Waals surface area contributed by atoms with E-state index in [0.29, 0.717) is 35.1 Å². The van der Waals surface area contributed by atoms with Crippen molar-refractivity contribution in [2.24, 2.45) is 11.3 Å². The summed E-state index contributed by atoms with van der Waals surface area (Å²) in [5.41, 5.74) is 3.70. The van der Waals surface area contributed by atoms with Crippen molar-refractivity contribution in [2.45, 2.75) is 73.0 Å². The average Bonchev–Trinajstić information content (AvgIpc) is 3.08. The normalized spacial score (nSPS) is 23.2. The van der Waals surface area contributed by atoms with Gasteiger partial charge in [-0.1, -0.05) is 38.5 Å². The van der Waals surface area contributed by atoms with Crippen LogP contribution in [0.15, 0.2) is 24.3 Å². The molecule has 0 bridgehead atoms. The summed E-state index contributed by atoms with van der Waals surface area (Å²) in [5.74, 6) is 0.418. The predicted molar refractivity (Wildman–Crippen MR) is 134 cm³/mol. The lowest BCUT2D eigenvalue weighted by molar-refractivity contribution is -0.0586. The number of benzene rings is 1. The van der Waals surface area contributed by atoms with Crippen LogP contribution < -0.4 is 5.32 Å². The number of morpholine rings is 1. The second-order valence-corrected chi connectivity index (χ2v) is 11.9. The number of nitrogens with zero attached hydrogens (tertiary/aromatic N) is 1. The lowest BCUT2D eigenvalue weighted by atomic mass is 9.72. The Hall–Kier alpha value is -2.18. The van der Waals surface area contributed by atoms with Crippen molar-refractivity contribution in [1.82, 2.24) is 4.90 Å². The predicted octanol–water partition coefficient (Wildman–Crippen LogP) is 5.71. The van der Waals surface area contributed by atoms with Crippen LogP contribution in [-0.2, 0) is 17.6 Å². The number of anilines is 1. The summed E-state index contributed by atoms with van der Waals surface area (Å²) in [6.45, 7) is 14.0. The largest absolute Gasteiger partial charge is 0.372 e. The van der Waals surface area contributed by atoms with Gasteiger partial charge in [0.25, 0.3) is 11.8 Å². The van der Waals surface area contributed by atoms with E-state index in [1.807, 2.05) is 49.9 Å². The van der Waals surface area contributed by atoms with Gasteiger partial charge in [-0.3, -0.25) is 9.59 Å². The van der Waals surface area contributed by atoms with Crippen molar-refractivity contribution in [3.63, 3.8) is 0 Å². The van der Waals surface area contributed by atoms with Crippen molar-refractivity contribution in [3.8, 4) is 0 Å². The molecule has 178 valence electrons. The minimum absolute atomic E-state index is 0.00256. The summed E-state index contributed by atoms with van der Waals surface area (Å²) in [6.07, 6.45) is 2.91. The monoisotopic (exact) mass is 468 g/mol. The summed E-state index contributed by atoms with van der Waals surface area (Å²) in [6, 6.07) is 7.56. The van der Waals surface area contributed by atoms with E-state index in [2.05, 4.69) is 26.1 Å². The Bertz CT molecular complexity index is 1040. The highest BCUT2D eigenvalue weighted by Gasteiger charge is 2.36. The molecule has 6 heteroatoms. The van der Waals surface area contributed by atoms with Crippen LogP contribution in [-0.4, -0.2) is 42.0 Å². The first-order valence-electron chi connectivity index (χ1n) is 12.0. The Labute approximate surface area is 201 Å². The highest BCUT2D eigenvalue weighted by molar-refractivity contribution is 7.17. The van der Waals surface area contributed by atoms with Crippen LogP contribution in [0, 0.1) is 18.3 Å². The lowest BCUT2D eigenvalue weighted by Crippen LogP contribution is -2.48. The molecule has 0 unspecified atom stereocenters. The van der Waals surface area contributed by atoms with Gasteiger partial charge >= 0.3 is 0 Å². The molecule has 0 saturated carbocycles. The Morgan fingerprint density at radius 3 is 2.48 bits per heavy atom. The molecule has 2 heterocycles. The average molecular weight is 469 g/mol. The van der Waals surface area contributed by atoms with E-state index in [1.54, 1.807) is 11.3 Å². The second kappa shape index (κ2) is 9.22. The molecule has 0 spiro atoms. The van der Waals surface area contributed by atoms with Crippen LogP contribution in [0.1, 0.15) is 77.8 Å². The number of aryl methyl sites for hydroxylation is 1. The molecule has 1 N–H and O–H groups in total. The van der Waals surface area contributed by atoms with Gasteiger partial charge in [0.15, 0.2) is 0 Å². The Morgan fingerprint density at radius 1 is 1.15 bits per heavy atom. The fourth-order valence-corrected chi connectivity index (χ4v) is 6.42. The topological polar surface area (TPSA) is 58.6 Å². The van der Waals surface area contributed by atoms with Crippen LogP contribution >= 0.6 is 11.3 Å². The summed E-state index contributed by atoms with van der Waals surface area (Å²) < 4.78 is 5.85. The highest BCUT2D eigenvalue weighted by atomic mass is 32.1. The first-order valence-corrected chi connectivity index (χ1v) is 12.8. The van der Waals surface area contributed by atoms with Gasteiger partial charge in [-0.2, -0.15) is 0 Å². The number of ether oxygens (including phenoxy) is 1. The molecule has 0 radical (unpaired) electrons. The molecular weight excluding hydrogens is 432 g/mol. The van der Waals surface area contributed by atoms with E-state index < -0.39 is 0 Å². The number of carbonyl (C=O) groups is 2. The minimum atomic E-state index is -0.164. The zero-order valence-electron chi connectivity index (χ0n) is 20.7. The first-order chi connectivity index (χ1) is 15.5. The maximum absolute atomic E-state index is 13.8. The molecule has 33 heavy (non-hydrogen) atoms. The van der Waals surface area contributed by atoms with Crippen molar-refractivity contribution in [1.29, 1.82) is 0 Å². The molecule has 1 aliphatic carbocycles. The van der Waals surface area contributed by atoms with Crippen LogP contribution in [0.5, 0.6) is 0 Å². The van der Waals surface area contributed by atoms with Crippen LogP contribution in [0.25, 0.3) is 0 Å². The quantitative estimate of drug-likeness (QED) is 0.628. The Kier molecular flexibility index (Phi) is 6.70. The number of carbonyl (C=O) groups excluding carboxylic acids is 2. The van der Waals surface area contributed by atoms with E-state index in [9.17, 15) is 9.59 Å². The van der Waals surface area contributed by atoms with E-state index >= 15 is 0 Å². The molecule has 2 amide bonds. The summed E-state index contributed by atoms with van der Waals surface area (Å²) in [4.78, 5) is 30.1. The van der Waals surface area contributed by atoms with Gasteiger partial charge < -0.3 is 15.0 Å². The number of amides is 2. The smallest absolute Gasteiger partial charge is 0.257 e. The number of thiophene rings is 1. The third kappa shape index (κ3) is 5.17. The molecule has 2 aliphatic rings. The van der Waals surface area contributed by atoms with Crippen molar-refractivity contribution in [2.75, 3.05) is 18.4 Å². The molecule has 1 fully saturated rings. The second-order valence-electron chi connectivity index (χ2n) is 10.8. The van der Waals surface area contributed by atoms with Crippen LogP contribution in [0.3, 0.4) is 0 Å². The molecule has 1 aliphatic heterocycles. The number of hydrogen-bond donors (Lipinski definition) is 1. The maximum atomic E-state index is 13.8. The van der Waals surface area contributed by atoms with Crippen molar-refractivity contribution < 1.29 is 14.3 Å². The standard InChI is InChI=1S/C27H36N2O3S/c1-16-8-7-9-19(12-16)24(30)28-25-23(26(31)29-14-17(2)32-18(3)15-29)21-11-10-20(27(4,5)6)13-22(21)33-25/h7-9,12,17-18,20H,10-11,13-15H2,1-6H3,(H,28,30)/t17-,18+,20-/m0/s1. The third-order valence-electron chi connectivity index (χ3n) is 6.92. The zero-order valence-corrected chi connectivity index (χ0v) is 21.5. The number of nitrogens with one attached hydrogen (secondary N) is 1. The summed E-state index contributed by atoms with van der Waals surface area (Å²) in [5, 5.41) is 3.80. The minimum Gasteiger partial charge on any atom is -0.372 e. The van der Waals surface area contributed by atoms with Gasteiger partial charge in [-0.05, 0) is 69.1 Å². The SMILES string of the molecule is Cc1cccc(C(=O)Nc2sc3c(c2C(=O)N2C[C@@H](C)O[C@@H](C)C2)CC[C@H](C(C)(C)C)C3)c1. The molecule has 1 aromatic carbocycles. The molecule has 5 nitrogen and oxygen atoms in total. The Balaban J connectivity index is 1.70. The van der Waals surface area contributed by atoms with E-state index in [1.165, 1.54) is 4.88 Å². The Morgan fingerprint density at radius 2 is 1.85 bits per heavy atom. The lowest BCUT2D eigenvalue weighted by Gasteiger charge is -2.36. The highest BCUT2D eigenvalue weighted by Crippen LogP contribution is 2.45.